The summed E-state index contributed by atoms with van der Waals surface area (Å²) in [5.41, 5.74) is 0.148. The number of alkyl carbamates (subject to hydrolysis) is 1. The van der Waals surface area contributed by atoms with E-state index in [1.165, 1.54) is 6.08 Å². The van der Waals surface area contributed by atoms with Crippen LogP contribution in [0.3, 0.4) is 0 Å². The molecule has 116 valence electrons. The third kappa shape index (κ3) is 7.51. The van der Waals surface area contributed by atoms with Gasteiger partial charge in [-0.15, -0.1) is 0 Å². The van der Waals surface area contributed by atoms with Crippen molar-refractivity contribution >= 4 is 15.9 Å². The Balaban J connectivity index is 2.93. The summed E-state index contributed by atoms with van der Waals surface area (Å²) in [5, 5.41) is 3.72. The van der Waals surface area contributed by atoms with E-state index in [0.29, 0.717) is 0 Å². The van der Waals surface area contributed by atoms with Gasteiger partial charge in [0.2, 0.25) is 0 Å². The summed E-state index contributed by atoms with van der Waals surface area (Å²) in [6, 6.07) is 8.49. The van der Waals surface area contributed by atoms with Gasteiger partial charge in [0.05, 0.1) is 6.04 Å². The van der Waals surface area contributed by atoms with Crippen LogP contribution < -0.4 is 5.32 Å². The third-order valence-corrected chi connectivity index (χ3v) is 3.00. The molecule has 0 aliphatic heterocycles. The second kappa shape index (κ2) is 6.76. The molecule has 0 fully saturated rings. The van der Waals surface area contributed by atoms with Gasteiger partial charge in [0.1, 0.15) is 5.60 Å². The van der Waals surface area contributed by atoms with Crippen molar-refractivity contribution in [3.05, 3.63) is 47.4 Å². The maximum Gasteiger partial charge on any atom is 0.408 e. The molecule has 1 amide bonds. The minimum atomic E-state index is -3.27. The first kappa shape index (κ1) is 17.2. The van der Waals surface area contributed by atoms with Crippen LogP contribution in [-0.4, -0.2) is 26.4 Å². The van der Waals surface area contributed by atoms with E-state index < -0.39 is 27.6 Å². The minimum absolute atomic E-state index is 0.573. The van der Waals surface area contributed by atoms with Gasteiger partial charge in [0.25, 0.3) is 0 Å². The summed E-state index contributed by atoms with van der Waals surface area (Å²) in [6.07, 6.45) is 1.92. The first-order chi connectivity index (χ1) is 9.57. The molecule has 0 heterocycles. The van der Waals surface area contributed by atoms with Crippen LogP contribution in [0.15, 0.2) is 41.8 Å². The van der Waals surface area contributed by atoms with Crippen LogP contribution in [-0.2, 0) is 14.6 Å². The molecule has 1 atom stereocenters. The van der Waals surface area contributed by atoms with Crippen molar-refractivity contribution < 1.29 is 17.9 Å². The number of sulfone groups is 1. The molecule has 1 aromatic rings. The van der Waals surface area contributed by atoms with Gasteiger partial charge in [-0.2, -0.15) is 0 Å². The maximum atomic E-state index is 11.9. The van der Waals surface area contributed by atoms with E-state index in [1.54, 1.807) is 32.9 Å². The Morgan fingerprint density at radius 1 is 1.24 bits per heavy atom. The van der Waals surface area contributed by atoms with Crippen LogP contribution in [0.25, 0.3) is 0 Å². The molecule has 0 saturated carbocycles. The number of nitrogens with one attached hydrogen (secondary N) is 1. The molecule has 0 saturated heterocycles. The predicted molar refractivity (Wildman–Crippen MR) is 82.5 cm³/mol. The molecule has 0 aliphatic rings. The van der Waals surface area contributed by atoms with Gasteiger partial charge >= 0.3 is 6.09 Å². The van der Waals surface area contributed by atoms with Crippen LogP contribution in [0.4, 0.5) is 4.79 Å². The lowest BCUT2D eigenvalue weighted by Gasteiger charge is -2.22. The molecule has 6 heteroatoms. The Morgan fingerprint density at radius 2 is 1.81 bits per heavy atom. The third-order valence-electron chi connectivity index (χ3n) is 2.35. The first-order valence-electron chi connectivity index (χ1n) is 6.49. The Hall–Kier alpha value is -1.82. The summed E-state index contributed by atoms with van der Waals surface area (Å²) in [6.45, 7) is 5.28. The molecule has 1 N–H and O–H groups in total. The lowest BCUT2D eigenvalue weighted by molar-refractivity contribution is 0.0514. The van der Waals surface area contributed by atoms with E-state index in [-0.39, 0.29) is 0 Å². The zero-order valence-corrected chi connectivity index (χ0v) is 13.5. The fraction of sp³-hybridized carbons (Fsp3) is 0.400. The summed E-state index contributed by atoms with van der Waals surface area (Å²) in [5.74, 6) is 0. The summed E-state index contributed by atoms with van der Waals surface area (Å²) >= 11 is 0. The summed E-state index contributed by atoms with van der Waals surface area (Å²) in [7, 11) is -3.27. The van der Waals surface area contributed by atoms with Crippen LogP contribution >= 0.6 is 0 Å². The molecule has 1 rings (SSSR count). The lowest BCUT2D eigenvalue weighted by Crippen LogP contribution is -2.34. The van der Waals surface area contributed by atoms with Crippen molar-refractivity contribution in [2.24, 2.45) is 0 Å². The van der Waals surface area contributed by atoms with E-state index in [1.807, 2.05) is 18.2 Å². The van der Waals surface area contributed by atoms with Gasteiger partial charge < -0.3 is 10.1 Å². The highest BCUT2D eigenvalue weighted by Gasteiger charge is 2.19. The van der Waals surface area contributed by atoms with Crippen molar-refractivity contribution in [1.29, 1.82) is 0 Å². The minimum Gasteiger partial charge on any atom is -0.444 e. The molecular formula is C15H21NO4S. The number of carbonyl (C=O) groups excluding carboxylic acids is 1. The molecule has 0 radical (unpaired) electrons. The average molecular weight is 311 g/mol. The van der Waals surface area contributed by atoms with Crippen molar-refractivity contribution in [1.82, 2.24) is 5.32 Å². The number of rotatable bonds is 4. The number of ether oxygens (including phenoxy) is 1. The number of amides is 1. The molecule has 0 bridgehead atoms. The van der Waals surface area contributed by atoms with Gasteiger partial charge in [-0.25, -0.2) is 13.2 Å². The number of hydrogen-bond acceptors (Lipinski definition) is 4. The highest BCUT2D eigenvalue weighted by molar-refractivity contribution is 7.93. The Morgan fingerprint density at radius 3 is 2.29 bits per heavy atom. The monoisotopic (exact) mass is 311 g/mol. The Kier molecular flexibility index (Phi) is 5.54. The van der Waals surface area contributed by atoms with Crippen LogP contribution in [0.1, 0.15) is 32.4 Å². The quantitative estimate of drug-likeness (QED) is 0.928. The van der Waals surface area contributed by atoms with Crippen molar-refractivity contribution in [2.45, 2.75) is 32.4 Å². The van der Waals surface area contributed by atoms with E-state index >= 15 is 0 Å². The second-order valence-electron chi connectivity index (χ2n) is 5.69. The fourth-order valence-corrected chi connectivity index (χ4v) is 2.00. The van der Waals surface area contributed by atoms with E-state index in [4.69, 9.17) is 4.74 Å². The number of benzene rings is 1. The number of hydrogen-bond donors (Lipinski definition) is 1. The number of carbonyl (C=O) groups is 1. The average Bonchev–Trinajstić information content (AvgIpc) is 2.32. The van der Waals surface area contributed by atoms with Gasteiger partial charge in [0.15, 0.2) is 9.84 Å². The topological polar surface area (TPSA) is 72.5 Å². The van der Waals surface area contributed by atoms with Crippen LogP contribution in [0, 0.1) is 0 Å². The summed E-state index contributed by atoms with van der Waals surface area (Å²) in [4.78, 5) is 11.9. The molecule has 5 nitrogen and oxygen atoms in total. The smallest absolute Gasteiger partial charge is 0.408 e. The molecule has 0 unspecified atom stereocenters. The molecule has 0 aliphatic carbocycles. The van der Waals surface area contributed by atoms with Gasteiger partial charge in [-0.3, -0.25) is 0 Å². The second-order valence-corrected chi connectivity index (χ2v) is 7.62. The van der Waals surface area contributed by atoms with Crippen molar-refractivity contribution in [2.75, 3.05) is 6.26 Å². The maximum absolute atomic E-state index is 11.9. The van der Waals surface area contributed by atoms with Gasteiger partial charge in [0, 0.05) is 11.7 Å². The fourth-order valence-electron chi connectivity index (χ4n) is 1.56. The lowest BCUT2D eigenvalue weighted by atomic mass is 10.1. The molecule has 21 heavy (non-hydrogen) atoms. The van der Waals surface area contributed by atoms with E-state index in [9.17, 15) is 13.2 Å². The normalized spacial score (nSPS) is 13.9. The zero-order valence-electron chi connectivity index (χ0n) is 12.7. The highest BCUT2D eigenvalue weighted by Crippen LogP contribution is 2.16. The first-order valence-corrected chi connectivity index (χ1v) is 8.45. The molecule has 0 spiro atoms. The van der Waals surface area contributed by atoms with Crippen LogP contribution in [0.5, 0.6) is 0 Å². The largest absolute Gasteiger partial charge is 0.444 e. The molecule has 0 aromatic heterocycles. The standard InChI is InChI=1S/C15H21NO4S/c1-15(2,3)20-14(17)16-13(10-11-21(4,18)19)12-8-6-5-7-9-12/h5-11,13H,1-4H3,(H,16,17)/b11-10+/t13-/m0/s1. The van der Waals surface area contributed by atoms with E-state index in [2.05, 4.69) is 5.32 Å². The SMILES string of the molecule is CC(C)(C)OC(=O)N[C@@H](/C=C/S(C)(=O)=O)c1ccccc1. The summed E-state index contributed by atoms with van der Waals surface area (Å²) < 4.78 is 27.7. The predicted octanol–water partition coefficient (Wildman–Crippen LogP) is 2.81. The Bertz CT molecular complexity index is 600. The highest BCUT2D eigenvalue weighted by atomic mass is 32.2. The zero-order chi connectivity index (χ0) is 16.1. The van der Waals surface area contributed by atoms with Gasteiger partial charge in [-0.1, -0.05) is 30.3 Å². The van der Waals surface area contributed by atoms with Gasteiger partial charge in [-0.05, 0) is 32.4 Å². The Labute approximate surface area is 125 Å². The van der Waals surface area contributed by atoms with Crippen LogP contribution in [0.2, 0.25) is 0 Å². The molecular weight excluding hydrogens is 290 g/mol. The van der Waals surface area contributed by atoms with E-state index in [0.717, 1.165) is 17.2 Å². The van der Waals surface area contributed by atoms with Crippen molar-refractivity contribution in [3.8, 4) is 0 Å². The molecule has 1 aromatic carbocycles. The van der Waals surface area contributed by atoms with Crippen molar-refractivity contribution in [3.63, 3.8) is 0 Å².